The first kappa shape index (κ1) is 18.9. The second-order valence-corrected chi connectivity index (χ2v) is 6.42. The molecule has 5 nitrogen and oxygen atoms in total. The molecule has 2 aromatic carbocycles. The molecule has 0 aliphatic heterocycles. The average Bonchev–Trinajstić information content (AvgIpc) is 3.17. The van der Waals surface area contributed by atoms with E-state index in [1.54, 1.807) is 6.20 Å². The number of amides is 1. The van der Waals surface area contributed by atoms with Crippen molar-refractivity contribution in [1.29, 1.82) is 0 Å². The monoisotopic (exact) mass is 362 g/mol. The molecular weight excluding hydrogens is 336 g/mol. The third kappa shape index (κ3) is 5.05. The fraction of sp³-hybridized carbons (Fsp3) is 0.273. The Labute approximate surface area is 160 Å². The van der Waals surface area contributed by atoms with Crippen LogP contribution in [0.1, 0.15) is 24.2 Å². The van der Waals surface area contributed by atoms with Crippen LogP contribution in [0, 0.1) is 0 Å². The summed E-state index contributed by atoms with van der Waals surface area (Å²) < 4.78 is 1.87. The minimum Gasteiger partial charge on any atom is -0.319 e. The maximum Gasteiger partial charge on any atom is 0.255 e. The Morgan fingerprint density at radius 2 is 1.67 bits per heavy atom. The van der Waals surface area contributed by atoms with E-state index < -0.39 is 0 Å². The average molecular weight is 362 g/mol. The summed E-state index contributed by atoms with van der Waals surface area (Å²) in [7, 11) is 0. The van der Waals surface area contributed by atoms with Crippen molar-refractivity contribution in [2.24, 2.45) is 0 Å². The zero-order valence-corrected chi connectivity index (χ0v) is 15.9. The Morgan fingerprint density at radius 3 is 2.33 bits per heavy atom. The van der Waals surface area contributed by atoms with Crippen LogP contribution < -0.4 is 5.32 Å². The third-order valence-electron chi connectivity index (χ3n) is 4.69. The molecule has 0 atom stereocenters. The molecule has 0 spiro atoms. The Hall–Kier alpha value is -2.92. The minimum absolute atomic E-state index is 0.127. The molecule has 27 heavy (non-hydrogen) atoms. The SMILES string of the molecule is CCN(CC)CCn1cc(NC(=O)c2ccc(-c3ccccc3)cc2)cn1. The standard InChI is InChI=1S/C22H26N4O/c1-3-25(4-2)14-15-26-17-21(16-23-26)24-22(27)20-12-10-19(11-13-20)18-8-6-5-7-9-18/h5-13,16-17H,3-4,14-15H2,1-2H3,(H,24,27). The first-order valence-corrected chi connectivity index (χ1v) is 9.41. The van der Waals surface area contributed by atoms with Gasteiger partial charge in [0.05, 0.1) is 18.4 Å². The lowest BCUT2D eigenvalue weighted by molar-refractivity contribution is 0.102. The Balaban J connectivity index is 1.59. The smallest absolute Gasteiger partial charge is 0.255 e. The second kappa shape index (κ2) is 9.14. The van der Waals surface area contributed by atoms with Crippen LogP contribution in [0.2, 0.25) is 0 Å². The van der Waals surface area contributed by atoms with E-state index in [4.69, 9.17) is 0 Å². The highest BCUT2D eigenvalue weighted by atomic mass is 16.1. The molecule has 0 saturated heterocycles. The summed E-state index contributed by atoms with van der Waals surface area (Å²) in [5, 5.41) is 7.25. The first-order chi connectivity index (χ1) is 13.2. The molecule has 0 saturated carbocycles. The van der Waals surface area contributed by atoms with Gasteiger partial charge in [0.25, 0.3) is 5.91 Å². The van der Waals surface area contributed by atoms with Gasteiger partial charge in [-0.25, -0.2) is 0 Å². The molecule has 3 aromatic rings. The van der Waals surface area contributed by atoms with E-state index in [0.29, 0.717) is 11.3 Å². The van der Waals surface area contributed by atoms with Crippen molar-refractivity contribution >= 4 is 11.6 Å². The van der Waals surface area contributed by atoms with Gasteiger partial charge in [-0.05, 0) is 36.3 Å². The molecular formula is C22H26N4O. The summed E-state index contributed by atoms with van der Waals surface area (Å²) in [4.78, 5) is 14.8. The van der Waals surface area contributed by atoms with Crippen LogP contribution in [0.15, 0.2) is 67.0 Å². The predicted molar refractivity (Wildman–Crippen MR) is 110 cm³/mol. The van der Waals surface area contributed by atoms with Crippen molar-refractivity contribution in [1.82, 2.24) is 14.7 Å². The first-order valence-electron chi connectivity index (χ1n) is 9.41. The van der Waals surface area contributed by atoms with Crippen LogP contribution >= 0.6 is 0 Å². The number of benzene rings is 2. The van der Waals surface area contributed by atoms with Gasteiger partial charge in [-0.1, -0.05) is 56.3 Å². The number of hydrogen-bond donors (Lipinski definition) is 1. The van der Waals surface area contributed by atoms with Crippen LogP contribution in [0.5, 0.6) is 0 Å². The van der Waals surface area contributed by atoms with Gasteiger partial charge < -0.3 is 10.2 Å². The Kier molecular flexibility index (Phi) is 6.39. The molecule has 0 bridgehead atoms. The van der Waals surface area contributed by atoms with E-state index in [1.807, 2.05) is 53.3 Å². The summed E-state index contributed by atoms with van der Waals surface area (Å²) in [6, 6.07) is 17.8. The summed E-state index contributed by atoms with van der Waals surface area (Å²) in [5.41, 5.74) is 3.58. The maximum atomic E-state index is 12.5. The molecule has 0 aliphatic rings. The van der Waals surface area contributed by atoms with Gasteiger partial charge in [0.15, 0.2) is 0 Å². The zero-order valence-electron chi connectivity index (χ0n) is 15.9. The van der Waals surface area contributed by atoms with Crippen molar-refractivity contribution in [2.45, 2.75) is 20.4 Å². The van der Waals surface area contributed by atoms with Crippen molar-refractivity contribution in [3.8, 4) is 11.1 Å². The summed E-state index contributed by atoms with van der Waals surface area (Å²) >= 11 is 0. The number of aromatic nitrogens is 2. The summed E-state index contributed by atoms with van der Waals surface area (Å²) in [6.07, 6.45) is 3.57. The van der Waals surface area contributed by atoms with Crippen molar-refractivity contribution in [3.05, 3.63) is 72.6 Å². The van der Waals surface area contributed by atoms with E-state index in [9.17, 15) is 4.79 Å². The van der Waals surface area contributed by atoms with Gasteiger partial charge in [-0.15, -0.1) is 0 Å². The number of nitrogens with zero attached hydrogens (tertiary/aromatic N) is 3. The maximum absolute atomic E-state index is 12.5. The fourth-order valence-corrected chi connectivity index (χ4v) is 2.98. The summed E-state index contributed by atoms with van der Waals surface area (Å²) in [5.74, 6) is -0.127. The van der Waals surface area contributed by atoms with Crippen LogP contribution in [-0.2, 0) is 6.54 Å². The molecule has 0 fully saturated rings. The molecule has 140 valence electrons. The molecule has 3 rings (SSSR count). The minimum atomic E-state index is -0.127. The number of rotatable bonds is 8. The molecule has 0 aliphatic carbocycles. The lowest BCUT2D eigenvalue weighted by Gasteiger charge is -2.17. The van der Waals surface area contributed by atoms with Gasteiger partial charge in [-0.3, -0.25) is 9.48 Å². The van der Waals surface area contributed by atoms with Gasteiger partial charge in [0.2, 0.25) is 0 Å². The summed E-state index contributed by atoms with van der Waals surface area (Å²) in [6.45, 7) is 8.12. The van der Waals surface area contributed by atoms with Gasteiger partial charge in [0, 0.05) is 18.3 Å². The van der Waals surface area contributed by atoms with E-state index in [2.05, 4.69) is 41.3 Å². The second-order valence-electron chi connectivity index (χ2n) is 6.42. The highest BCUT2D eigenvalue weighted by Gasteiger charge is 2.08. The number of hydrogen-bond acceptors (Lipinski definition) is 3. The molecule has 1 N–H and O–H groups in total. The van der Waals surface area contributed by atoms with Crippen LogP contribution in [0.4, 0.5) is 5.69 Å². The van der Waals surface area contributed by atoms with Gasteiger partial charge >= 0.3 is 0 Å². The quantitative estimate of drug-likeness (QED) is 0.655. The highest BCUT2D eigenvalue weighted by Crippen LogP contribution is 2.19. The molecule has 1 amide bonds. The van der Waals surface area contributed by atoms with Crippen LogP contribution in [-0.4, -0.2) is 40.2 Å². The van der Waals surface area contributed by atoms with Gasteiger partial charge in [0.1, 0.15) is 0 Å². The Bertz CT molecular complexity index is 852. The molecule has 1 aromatic heterocycles. The Morgan fingerprint density at radius 1 is 1.00 bits per heavy atom. The number of carbonyl (C=O) groups excluding carboxylic acids is 1. The van der Waals surface area contributed by atoms with E-state index >= 15 is 0 Å². The largest absolute Gasteiger partial charge is 0.319 e. The lowest BCUT2D eigenvalue weighted by atomic mass is 10.0. The predicted octanol–water partition coefficient (Wildman–Crippen LogP) is 4.14. The number of nitrogens with one attached hydrogen (secondary N) is 1. The van der Waals surface area contributed by atoms with Crippen molar-refractivity contribution in [3.63, 3.8) is 0 Å². The van der Waals surface area contributed by atoms with E-state index in [0.717, 1.165) is 37.3 Å². The number of carbonyl (C=O) groups is 1. The fourth-order valence-electron chi connectivity index (χ4n) is 2.98. The molecule has 5 heteroatoms. The van der Waals surface area contributed by atoms with Crippen LogP contribution in [0.3, 0.4) is 0 Å². The molecule has 1 heterocycles. The van der Waals surface area contributed by atoms with Crippen molar-refractivity contribution < 1.29 is 4.79 Å². The van der Waals surface area contributed by atoms with E-state index in [-0.39, 0.29) is 5.91 Å². The van der Waals surface area contributed by atoms with Crippen molar-refractivity contribution in [2.75, 3.05) is 25.0 Å². The molecule has 0 radical (unpaired) electrons. The number of anilines is 1. The lowest BCUT2D eigenvalue weighted by Crippen LogP contribution is -2.27. The normalized spacial score (nSPS) is 10.9. The molecule has 0 unspecified atom stereocenters. The van der Waals surface area contributed by atoms with Crippen LogP contribution in [0.25, 0.3) is 11.1 Å². The van der Waals surface area contributed by atoms with E-state index in [1.165, 1.54) is 0 Å². The zero-order chi connectivity index (χ0) is 19.1. The topological polar surface area (TPSA) is 50.2 Å². The third-order valence-corrected chi connectivity index (χ3v) is 4.69. The van der Waals surface area contributed by atoms with Gasteiger partial charge in [-0.2, -0.15) is 5.10 Å². The number of likely N-dealkylation sites (N-methyl/N-ethyl adjacent to an activating group) is 1. The highest BCUT2D eigenvalue weighted by molar-refractivity contribution is 6.04.